The number of sulfonamides is 1. The number of hydrogen-bond acceptors (Lipinski definition) is 5. The van der Waals surface area contributed by atoms with E-state index in [1.54, 1.807) is 12.1 Å². The number of ether oxygens (including phenoxy) is 2. The zero-order chi connectivity index (χ0) is 18.9. The van der Waals surface area contributed by atoms with Gasteiger partial charge in [-0.05, 0) is 44.2 Å². The second kappa shape index (κ2) is 6.87. The number of hydrogen-bond donors (Lipinski definition) is 2. The van der Waals surface area contributed by atoms with Crippen LogP contribution in [0, 0.1) is 0 Å². The van der Waals surface area contributed by atoms with Crippen LogP contribution in [0.1, 0.15) is 29.8 Å². The lowest BCUT2D eigenvalue weighted by Crippen LogP contribution is -2.15. The molecule has 2 aromatic rings. The van der Waals surface area contributed by atoms with E-state index in [-0.39, 0.29) is 16.6 Å². The third-order valence-electron chi connectivity index (χ3n) is 3.99. The van der Waals surface area contributed by atoms with E-state index in [2.05, 4.69) is 4.72 Å². The number of primary amides is 1. The second-order valence-electron chi connectivity index (χ2n) is 6.02. The average Bonchev–Trinajstić information content (AvgIpc) is 2.94. The number of nitrogens with one attached hydrogen (secondary N) is 1. The van der Waals surface area contributed by atoms with Gasteiger partial charge in [0.05, 0.1) is 17.2 Å². The number of benzene rings is 2. The normalized spacial score (nSPS) is 15.8. The smallest absolute Gasteiger partial charge is 0.262 e. The van der Waals surface area contributed by atoms with Crippen molar-refractivity contribution in [3.05, 3.63) is 47.5 Å². The Labute approximate surface area is 152 Å². The molecule has 0 bridgehead atoms. The summed E-state index contributed by atoms with van der Waals surface area (Å²) in [5.41, 5.74) is 6.70. The lowest BCUT2D eigenvalue weighted by molar-refractivity contribution is 0.1000. The van der Waals surface area contributed by atoms with Crippen LogP contribution in [-0.2, 0) is 16.4 Å². The maximum atomic E-state index is 12.7. The summed E-state index contributed by atoms with van der Waals surface area (Å²) in [6.07, 6.45) is 0.782. The highest BCUT2D eigenvalue weighted by molar-refractivity contribution is 7.92. The van der Waals surface area contributed by atoms with E-state index in [1.165, 1.54) is 24.3 Å². The monoisotopic (exact) mass is 376 g/mol. The van der Waals surface area contributed by atoms with E-state index >= 15 is 0 Å². The van der Waals surface area contributed by atoms with Crippen LogP contribution in [0.2, 0.25) is 0 Å². The van der Waals surface area contributed by atoms with Gasteiger partial charge in [-0.15, -0.1) is 0 Å². The van der Waals surface area contributed by atoms with E-state index < -0.39 is 15.9 Å². The largest absolute Gasteiger partial charge is 0.492 e. The van der Waals surface area contributed by atoms with Gasteiger partial charge >= 0.3 is 0 Å². The first kappa shape index (κ1) is 18.1. The highest BCUT2D eigenvalue weighted by Crippen LogP contribution is 2.38. The molecule has 138 valence electrons. The molecule has 2 aromatic carbocycles. The van der Waals surface area contributed by atoms with E-state index in [9.17, 15) is 13.2 Å². The third-order valence-corrected chi connectivity index (χ3v) is 5.37. The van der Waals surface area contributed by atoms with E-state index in [4.69, 9.17) is 15.2 Å². The molecular weight excluding hydrogens is 356 g/mol. The van der Waals surface area contributed by atoms with E-state index in [0.717, 1.165) is 12.0 Å². The fraction of sp³-hybridized carbons (Fsp3) is 0.278. The fourth-order valence-corrected chi connectivity index (χ4v) is 3.86. The van der Waals surface area contributed by atoms with Crippen molar-refractivity contribution in [2.75, 3.05) is 11.3 Å². The van der Waals surface area contributed by atoms with Crippen LogP contribution in [-0.4, -0.2) is 27.0 Å². The summed E-state index contributed by atoms with van der Waals surface area (Å²) in [7, 11) is -3.87. The van der Waals surface area contributed by atoms with Gasteiger partial charge in [0.1, 0.15) is 17.6 Å². The predicted octanol–water partition coefficient (Wildman–Crippen LogP) is 2.31. The Morgan fingerprint density at radius 3 is 2.62 bits per heavy atom. The Morgan fingerprint density at radius 1 is 1.31 bits per heavy atom. The Kier molecular flexibility index (Phi) is 4.78. The molecule has 1 aliphatic rings. The molecule has 0 spiro atoms. The van der Waals surface area contributed by atoms with Gasteiger partial charge in [0.15, 0.2) is 0 Å². The molecule has 0 fully saturated rings. The Hall–Kier alpha value is -2.74. The SMILES string of the molecule is CCOc1cc2c(cc1NS(=O)(=O)c1ccc(C(N)=O)cc1)OC(C)C2. The Bertz CT molecular complexity index is 939. The van der Waals surface area contributed by atoms with Crippen LogP contribution in [0.5, 0.6) is 11.5 Å². The summed E-state index contributed by atoms with van der Waals surface area (Å²) in [6.45, 7) is 4.18. The lowest BCUT2D eigenvalue weighted by Gasteiger charge is -2.15. The quantitative estimate of drug-likeness (QED) is 0.804. The fourth-order valence-electron chi connectivity index (χ4n) is 2.80. The van der Waals surface area contributed by atoms with Crippen molar-refractivity contribution in [2.45, 2.75) is 31.3 Å². The first-order chi connectivity index (χ1) is 12.3. The summed E-state index contributed by atoms with van der Waals surface area (Å²) in [4.78, 5) is 11.1. The summed E-state index contributed by atoms with van der Waals surface area (Å²) in [6, 6.07) is 8.83. The van der Waals surface area contributed by atoms with Crippen LogP contribution in [0.4, 0.5) is 5.69 Å². The minimum atomic E-state index is -3.87. The highest BCUT2D eigenvalue weighted by Gasteiger charge is 2.24. The van der Waals surface area contributed by atoms with Crippen molar-refractivity contribution in [1.29, 1.82) is 0 Å². The number of nitrogens with two attached hydrogens (primary N) is 1. The van der Waals surface area contributed by atoms with Crippen molar-refractivity contribution in [2.24, 2.45) is 5.73 Å². The molecule has 3 N–H and O–H groups in total. The van der Waals surface area contributed by atoms with Gasteiger partial charge in [-0.2, -0.15) is 0 Å². The van der Waals surface area contributed by atoms with E-state index in [0.29, 0.717) is 23.8 Å². The van der Waals surface area contributed by atoms with Gasteiger partial charge in [-0.25, -0.2) is 8.42 Å². The first-order valence-electron chi connectivity index (χ1n) is 8.19. The summed E-state index contributed by atoms with van der Waals surface area (Å²) < 4.78 is 39.2. The molecule has 7 nitrogen and oxygen atoms in total. The number of fused-ring (bicyclic) bond motifs is 1. The summed E-state index contributed by atoms with van der Waals surface area (Å²) in [5.74, 6) is 0.467. The first-order valence-corrected chi connectivity index (χ1v) is 9.67. The molecule has 0 saturated heterocycles. The predicted molar refractivity (Wildman–Crippen MR) is 97.2 cm³/mol. The molecule has 1 amide bonds. The number of amides is 1. The summed E-state index contributed by atoms with van der Waals surface area (Å²) >= 11 is 0. The second-order valence-corrected chi connectivity index (χ2v) is 7.70. The topological polar surface area (TPSA) is 108 Å². The molecule has 26 heavy (non-hydrogen) atoms. The molecule has 0 saturated carbocycles. The van der Waals surface area contributed by atoms with Crippen LogP contribution in [0.25, 0.3) is 0 Å². The van der Waals surface area contributed by atoms with Gasteiger partial charge in [0.2, 0.25) is 5.91 Å². The average molecular weight is 376 g/mol. The van der Waals surface area contributed by atoms with Gasteiger partial charge < -0.3 is 15.2 Å². The number of carbonyl (C=O) groups excluding carboxylic acids is 1. The molecule has 1 unspecified atom stereocenters. The van der Waals surface area contributed by atoms with Gasteiger partial charge in [0, 0.05) is 23.6 Å². The molecule has 3 rings (SSSR count). The van der Waals surface area contributed by atoms with Crippen molar-refractivity contribution in [1.82, 2.24) is 0 Å². The van der Waals surface area contributed by atoms with Crippen LogP contribution < -0.4 is 19.9 Å². The van der Waals surface area contributed by atoms with Gasteiger partial charge in [0.25, 0.3) is 10.0 Å². The molecule has 1 aliphatic heterocycles. The zero-order valence-corrected chi connectivity index (χ0v) is 15.3. The number of anilines is 1. The third kappa shape index (κ3) is 3.60. The van der Waals surface area contributed by atoms with Crippen molar-refractivity contribution < 1.29 is 22.7 Å². The maximum Gasteiger partial charge on any atom is 0.262 e. The highest BCUT2D eigenvalue weighted by atomic mass is 32.2. The zero-order valence-electron chi connectivity index (χ0n) is 14.5. The maximum absolute atomic E-state index is 12.7. The minimum Gasteiger partial charge on any atom is -0.492 e. The molecule has 0 aliphatic carbocycles. The number of rotatable bonds is 6. The molecule has 0 aromatic heterocycles. The molecular formula is C18H20N2O5S. The Morgan fingerprint density at radius 2 is 2.00 bits per heavy atom. The van der Waals surface area contributed by atoms with Gasteiger partial charge in [-0.3, -0.25) is 9.52 Å². The molecule has 8 heteroatoms. The van der Waals surface area contributed by atoms with Crippen molar-refractivity contribution in [3.8, 4) is 11.5 Å². The molecule has 1 atom stereocenters. The lowest BCUT2D eigenvalue weighted by atomic mass is 10.1. The van der Waals surface area contributed by atoms with Gasteiger partial charge in [-0.1, -0.05) is 0 Å². The minimum absolute atomic E-state index is 0.0136. The van der Waals surface area contributed by atoms with Crippen LogP contribution in [0.3, 0.4) is 0 Å². The summed E-state index contributed by atoms with van der Waals surface area (Å²) in [5, 5.41) is 0. The number of carbonyl (C=O) groups is 1. The van der Waals surface area contributed by atoms with Crippen LogP contribution >= 0.6 is 0 Å². The van der Waals surface area contributed by atoms with Crippen molar-refractivity contribution >= 4 is 21.6 Å². The van der Waals surface area contributed by atoms with E-state index in [1.807, 2.05) is 13.8 Å². The molecule has 1 heterocycles. The molecule has 0 radical (unpaired) electrons. The Balaban J connectivity index is 1.94. The van der Waals surface area contributed by atoms with Crippen molar-refractivity contribution in [3.63, 3.8) is 0 Å². The van der Waals surface area contributed by atoms with Crippen LogP contribution in [0.15, 0.2) is 41.3 Å². The standard InChI is InChI=1S/C18H20N2O5S/c1-3-24-17-9-13-8-11(2)25-16(13)10-15(17)20-26(22,23)14-6-4-12(5-7-14)18(19)21/h4-7,9-11,20H,3,8H2,1-2H3,(H2,19,21).